The summed E-state index contributed by atoms with van der Waals surface area (Å²) in [5.41, 5.74) is 6.38. The van der Waals surface area contributed by atoms with E-state index in [2.05, 4.69) is 72.3 Å². The number of nitrogens with zero attached hydrogens (tertiary/aromatic N) is 1. The molecule has 1 aliphatic heterocycles. The van der Waals surface area contributed by atoms with Crippen LogP contribution in [-0.4, -0.2) is 36.4 Å². The van der Waals surface area contributed by atoms with Crippen LogP contribution in [0.3, 0.4) is 0 Å². The molecule has 1 heterocycles. The number of allylic oxidation sites excluding steroid dienone is 1. The lowest BCUT2D eigenvalue weighted by atomic mass is 9.76. The van der Waals surface area contributed by atoms with Gasteiger partial charge in [-0.25, -0.2) is 0 Å². The third-order valence-electron chi connectivity index (χ3n) is 7.95. The highest BCUT2D eigenvalue weighted by Gasteiger charge is 2.38. The Morgan fingerprint density at radius 3 is 2.24 bits per heavy atom. The van der Waals surface area contributed by atoms with Crippen LogP contribution < -0.4 is 5.32 Å². The first kappa shape index (κ1) is 23.8. The fourth-order valence-corrected chi connectivity index (χ4v) is 5.75. The summed E-state index contributed by atoms with van der Waals surface area (Å²) in [5, 5.41) is 3.46. The Kier molecular flexibility index (Phi) is 7.70. The van der Waals surface area contributed by atoms with Crippen molar-refractivity contribution in [2.45, 2.75) is 76.7 Å². The number of carbonyl (C=O) groups excluding carboxylic acids is 1. The number of Topliss-reactive ketones (excluding diaryl/α,β-unsaturated/α-hetero) is 1. The van der Waals surface area contributed by atoms with E-state index in [0.29, 0.717) is 13.0 Å². The van der Waals surface area contributed by atoms with Gasteiger partial charge in [-0.1, -0.05) is 68.0 Å². The molecule has 176 valence electrons. The molecule has 1 atom stereocenters. The Labute approximate surface area is 200 Å². The minimum Gasteiger partial charge on any atom is -0.388 e. The Morgan fingerprint density at radius 1 is 1.03 bits per heavy atom. The highest BCUT2D eigenvalue weighted by atomic mass is 16.1. The molecule has 3 heteroatoms. The monoisotopic (exact) mass is 444 g/mol. The van der Waals surface area contributed by atoms with Gasteiger partial charge in [-0.3, -0.25) is 4.79 Å². The number of carbonyl (C=O) groups is 1. The second-order valence-corrected chi connectivity index (χ2v) is 10.2. The van der Waals surface area contributed by atoms with E-state index in [0.717, 1.165) is 31.0 Å². The van der Waals surface area contributed by atoms with E-state index in [1.807, 2.05) is 0 Å². The van der Waals surface area contributed by atoms with E-state index in [-0.39, 0.29) is 11.2 Å². The third kappa shape index (κ3) is 5.58. The number of hydrogen-bond acceptors (Lipinski definition) is 3. The topological polar surface area (TPSA) is 32.3 Å². The van der Waals surface area contributed by atoms with Crippen molar-refractivity contribution in [3.05, 3.63) is 71.9 Å². The fourth-order valence-electron chi connectivity index (χ4n) is 5.75. The first-order valence-corrected chi connectivity index (χ1v) is 12.8. The smallest absolute Gasteiger partial charge is 0.131 e. The number of benzene rings is 2. The Hall–Kier alpha value is -2.39. The van der Waals surface area contributed by atoms with Crippen molar-refractivity contribution in [1.29, 1.82) is 0 Å². The van der Waals surface area contributed by atoms with Crippen molar-refractivity contribution >= 4 is 5.78 Å². The summed E-state index contributed by atoms with van der Waals surface area (Å²) in [7, 11) is 0. The van der Waals surface area contributed by atoms with Crippen LogP contribution in [0.25, 0.3) is 11.1 Å². The third-order valence-corrected chi connectivity index (χ3v) is 7.95. The van der Waals surface area contributed by atoms with Crippen LogP contribution in [0.4, 0.5) is 0 Å². The van der Waals surface area contributed by atoms with Crippen molar-refractivity contribution in [3.63, 3.8) is 0 Å². The lowest BCUT2D eigenvalue weighted by molar-refractivity contribution is -0.116. The van der Waals surface area contributed by atoms with Crippen LogP contribution in [0, 0.1) is 0 Å². The van der Waals surface area contributed by atoms with Gasteiger partial charge in [0.15, 0.2) is 0 Å². The van der Waals surface area contributed by atoms with Crippen molar-refractivity contribution in [2.24, 2.45) is 0 Å². The van der Waals surface area contributed by atoms with E-state index in [9.17, 15) is 4.79 Å². The number of ketones is 1. The van der Waals surface area contributed by atoms with E-state index < -0.39 is 0 Å². The van der Waals surface area contributed by atoms with Gasteiger partial charge in [0, 0.05) is 36.7 Å². The van der Waals surface area contributed by atoms with Gasteiger partial charge < -0.3 is 10.2 Å². The molecular weight excluding hydrogens is 404 g/mol. The summed E-state index contributed by atoms with van der Waals surface area (Å²) >= 11 is 0. The lowest BCUT2D eigenvalue weighted by Crippen LogP contribution is -2.33. The van der Waals surface area contributed by atoms with Crippen molar-refractivity contribution in [3.8, 4) is 11.1 Å². The van der Waals surface area contributed by atoms with Crippen LogP contribution in [0.15, 0.2) is 60.8 Å². The van der Waals surface area contributed by atoms with Gasteiger partial charge in [-0.05, 0) is 74.8 Å². The van der Waals surface area contributed by atoms with Crippen LogP contribution in [-0.2, 0) is 16.6 Å². The first-order chi connectivity index (χ1) is 16.0. The zero-order chi connectivity index (χ0) is 23.3. The molecule has 1 saturated carbocycles. The maximum absolute atomic E-state index is 11.3. The van der Waals surface area contributed by atoms with Gasteiger partial charge in [0.05, 0.1) is 0 Å². The number of hydrogen-bond donors (Lipinski definition) is 1. The summed E-state index contributed by atoms with van der Waals surface area (Å²) < 4.78 is 0. The summed E-state index contributed by atoms with van der Waals surface area (Å²) in [6, 6.07) is 19.0. The lowest BCUT2D eigenvalue weighted by Gasteiger charge is -2.33. The van der Waals surface area contributed by atoms with E-state index >= 15 is 0 Å². The van der Waals surface area contributed by atoms with Crippen LogP contribution in [0.1, 0.15) is 69.9 Å². The Bertz CT molecular complexity index is 938. The average Bonchev–Trinajstić information content (AvgIpc) is 3.48. The molecule has 1 aliphatic carbocycles. The minimum atomic E-state index is -0.00805. The van der Waals surface area contributed by atoms with Gasteiger partial charge in [-0.2, -0.15) is 0 Å². The maximum atomic E-state index is 11.3. The van der Waals surface area contributed by atoms with Gasteiger partial charge in [0.1, 0.15) is 5.78 Å². The number of likely N-dealkylation sites (tertiary alicyclic amines) is 1. The zero-order valence-electron chi connectivity index (χ0n) is 20.5. The van der Waals surface area contributed by atoms with Gasteiger partial charge in [-0.15, -0.1) is 0 Å². The van der Waals surface area contributed by atoms with Gasteiger partial charge in [0.25, 0.3) is 0 Å². The predicted octanol–water partition coefficient (Wildman–Crippen LogP) is 6.27. The highest BCUT2D eigenvalue weighted by Crippen LogP contribution is 2.45. The molecule has 0 bridgehead atoms. The van der Waals surface area contributed by atoms with Crippen molar-refractivity contribution < 1.29 is 4.79 Å². The van der Waals surface area contributed by atoms with Crippen LogP contribution in [0.2, 0.25) is 0 Å². The predicted molar refractivity (Wildman–Crippen MR) is 138 cm³/mol. The minimum absolute atomic E-state index is 0.00805. The van der Waals surface area contributed by atoms with Crippen molar-refractivity contribution in [1.82, 2.24) is 10.2 Å². The largest absolute Gasteiger partial charge is 0.388 e. The second kappa shape index (κ2) is 10.7. The summed E-state index contributed by atoms with van der Waals surface area (Å²) in [4.78, 5) is 13.9. The first-order valence-electron chi connectivity index (χ1n) is 12.8. The standard InChI is InChI=1S/C30H40N2O/c1-23-7-6-21-32(23)22-17-26-8-10-27(11-9-26)28-12-14-29(15-13-28)30(18-4-5-19-30)25(3)31-20-16-24(2)33/h8-15,23,31H,3-7,16-22H2,1-2H3/t23-/m1/s1. The molecule has 0 unspecified atom stereocenters. The van der Waals surface area contributed by atoms with E-state index in [1.54, 1.807) is 6.92 Å². The number of nitrogens with one attached hydrogen (secondary N) is 1. The summed E-state index contributed by atoms with van der Waals surface area (Å²) in [5.74, 6) is 0.219. The van der Waals surface area contributed by atoms with Gasteiger partial charge in [0.2, 0.25) is 0 Å². The molecule has 4 rings (SSSR count). The second-order valence-electron chi connectivity index (χ2n) is 10.2. The van der Waals surface area contributed by atoms with Gasteiger partial charge >= 0.3 is 0 Å². The quantitative estimate of drug-likeness (QED) is 0.468. The van der Waals surface area contributed by atoms with Crippen molar-refractivity contribution in [2.75, 3.05) is 19.6 Å². The Balaban J connectivity index is 1.41. The SMILES string of the molecule is C=C(NCCC(C)=O)C1(c2ccc(-c3ccc(CCN4CCC[C@H]4C)cc3)cc2)CCCC1. The summed E-state index contributed by atoms with van der Waals surface area (Å²) in [6.07, 6.45) is 9.09. The molecule has 1 saturated heterocycles. The molecular formula is C30H40N2O. The molecule has 0 amide bonds. The van der Waals surface area contributed by atoms with E-state index in [4.69, 9.17) is 0 Å². The molecule has 2 aromatic carbocycles. The fraction of sp³-hybridized carbons (Fsp3) is 0.500. The molecule has 2 aliphatic rings. The highest BCUT2D eigenvalue weighted by molar-refractivity contribution is 5.75. The molecule has 0 radical (unpaired) electrons. The molecule has 2 fully saturated rings. The van der Waals surface area contributed by atoms with Crippen LogP contribution in [0.5, 0.6) is 0 Å². The molecule has 1 N–H and O–H groups in total. The average molecular weight is 445 g/mol. The normalized spacial score (nSPS) is 20.1. The molecule has 0 aromatic heterocycles. The zero-order valence-corrected chi connectivity index (χ0v) is 20.5. The molecule has 33 heavy (non-hydrogen) atoms. The molecule has 2 aromatic rings. The molecule has 0 spiro atoms. The van der Waals surface area contributed by atoms with Crippen LogP contribution >= 0.6 is 0 Å². The Morgan fingerprint density at radius 2 is 1.67 bits per heavy atom. The summed E-state index contributed by atoms with van der Waals surface area (Å²) in [6.45, 7) is 11.5. The number of rotatable bonds is 10. The maximum Gasteiger partial charge on any atom is 0.131 e. The molecule has 3 nitrogen and oxygen atoms in total. The van der Waals surface area contributed by atoms with E-state index in [1.165, 1.54) is 61.0 Å².